The molecule has 0 bridgehead atoms. The monoisotopic (exact) mass is 302 g/mol. The minimum absolute atomic E-state index is 0.0154. The highest BCUT2D eigenvalue weighted by molar-refractivity contribution is 7.90. The second-order valence-electron chi connectivity index (χ2n) is 4.82. The van der Waals surface area contributed by atoms with Crippen LogP contribution in [-0.4, -0.2) is 14.2 Å². The number of rotatable bonds is 6. The van der Waals surface area contributed by atoms with E-state index < -0.39 is 15.9 Å². The Morgan fingerprint density at radius 2 is 1.67 bits per heavy atom. The summed E-state index contributed by atoms with van der Waals surface area (Å²) in [6.07, 6.45) is 0. The molecule has 1 unspecified atom stereocenters. The lowest BCUT2D eigenvalue weighted by atomic mass is 9.96. The van der Waals surface area contributed by atoms with E-state index in [9.17, 15) is 8.42 Å². The molecule has 0 aliphatic heterocycles. The number of nitrogens with one attached hydrogen (secondary N) is 1. The Morgan fingerprint density at radius 1 is 1.05 bits per heavy atom. The van der Waals surface area contributed by atoms with Crippen LogP contribution in [-0.2, 0) is 15.6 Å². The van der Waals surface area contributed by atoms with Crippen LogP contribution in [0.5, 0.6) is 0 Å². The first-order chi connectivity index (χ1) is 10.1. The molecule has 0 aliphatic carbocycles. The minimum atomic E-state index is -3.12. The van der Waals surface area contributed by atoms with Gasteiger partial charge in [-0.25, -0.2) is 13.9 Å². The zero-order valence-electron chi connectivity index (χ0n) is 11.9. The molecule has 0 aliphatic rings. The van der Waals surface area contributed by atoms with Crippen LogP contribution in [0.4, 0.5) is 0 Å². The van der Waals surface area contributed by atoms with Gasteiger partial charge in [0.15, 0.2) is 9.84 Å². The van der Waals surface area contributed by atoms with Gasteiger partial charge < -0.3 is 0 Å². The van der Waals surface area contributed by atoms with Crippen molar-refractivity contribution in [1.29, 1.82) is 5.53 Å². The smallest absolute Gasteiger partial charge is 0.154 e. The van der Waals surface area contributed by atoms with Gasteiger partial charge in [-0.3, -0.25) is 0 Å². The molecule has 0 spiro atoms. The topological polar surface area (TPSA) is 70.3 Å². The summed E-state index contributed by atoms with van der Waals surface area (Å²) in [5.41, 5.74) is 9.85. The van der Waals surface area contributed by atoms with Crippen molar-refractivity contribution >= 4 is 9.84 Å². The highest BCUT2D eigenvalue weighted by atomic mass is 32.2. The number of hydrogen-bond donors (Lipinski definition) is 1. The van der Waals surface area contributed by atoms with Gasteiger partial charge in [0.25, 0.3) is 0 Å². The highest BCUT2D eigenvalue weighted by Crippen LogP contribution is 2.29. The third-order valence-corrected chi connectivity index (χ3v) is 5.04. The zero-order chi connectivity index (χ0) is 15.3. The molecule has 0 amide bonds. The summed E-state index contributed by atoms with van der Waals surface area (Å²) in [4.78, 5) is 0. The Balaban J connectivity index is 2.46. The lowest BCUT2D eigenvalue weighted by Crippen LogP contribution is -2.10. The fraction of sp³-hybridized carbons (Fsp3) is 0.250. The van der Waals surface area contributed by atoms with Crippen LogP contribution in [0.3, 0.4) is 0 Å². The third-order valence-electron chi connectivity index (χ3n) is 3.41. The molecule has 0 radical (unpaired) electrons. The van der Waals surface area contributed by atoms with Gasteiger partial charge in [0.1, 0.15) is 6.04 Å². The molecule has 110 valence electrons. The summed E-state index contributed by atoms with van der Waals surface area (Å²) in [7, 11) is -3.12. The Hall–Kier alpha value is -2.01. The molecule has 0 aromatic heterocycles. The van der Waals surface area contributed by atoms with Crippen LogP contribution in [0.25, 0.3) is 0 Å². The van der Waals surface area contributed by atoms with Gasteiger partial charge in [-0.15, -0.1) is 0 Å². The van der Waals surface area contributed by atoms with Gasteiger partial charge >= 0.3 is 0 Å². The van der Waals surface area contributed by atoms with E-state index >= 15 is 0 Å². The summed E-state index contributed by atoms with van der Waals surface area (Å²) >= 11 is 0. The third kappa shape index (κ3) is 3.76. The molecule has 0 heterocycles. The van der Waals surface area contributed by atoms with Crippen LogP contribution in [0, 0.1) is 5.53 Å². The Kier molecular flexibility index (Phi) is 4.85. The number of hydrogen-bond acceptors (Lipinski definition) is 4. The normalized spacial score (nSPS) is 12.8. The molecule has 2 aromatic carbocycles. The fourth-order valence-electron chi connectivity index (χ4n) is 2.23. The summed E-state index contributed by atoms with van der Waals surface area (Å²) in [6.45, 7) is 1.64. The van der Waals surface area contributed by atoms with E-state index in [2.05, 4.69) is 5.11 Å². The van der Waals surface area contributed by atoms with Crippen LogP contribution < -0.4 is 0 Å². The molecule has 2 rings (SSSR count). The van der Waals surface area contributed by atoms with Gasteiger partial charge in [-0.1, -0.05) is 61.5 Å². The second kappa shape index (κ2) is 6.63. The van der Waals surface area contributed by atoms with E-state index in [1.54, 1.807) is 13.0 Å². The van der Waals surface area contributed by atoms with Crippen LogP contribution in [0.15, 0.2) is 59.7 Å². The van der Waals surface area contributed by atoms with Crippen molar-refractivity contribution in [1.82, 2.24) is 0 Å². The van der Waals surface area contributed by atoms with E-state index in [0.29, 0.717) is 5.56 Å². The summed E-state index contributed by atoms with van der Waals surface area (Å²) in [5, 5.41) is 3.70. The molecule has 0 saturated carbocycles. The van der Waals surface area contributed by atoms with Gasteiger partial charge in [-0.2, -0.15) is 5.11 Å². The standard InChI is InChI=1S/C16H18N2O2S/c1-2-21(19,20)12-14-10-6-7-11-15(14)16(18-17)13-8-4-3-5-9-13/h3-11,16-17H,2,12H2,1H3. The van der Waals surface area contributed by atoms with Crippen molar-refractivity contribution < 1.29 is 8.42 Å². The average Bonchev–Trinajstić information content (AvgIpc) is 2.50. The van der Waals surface area contributed by atoms with Crippen LogP contribution >= 0.6 is 0 Å². The van der Waals surface area contributed by atoms with Gasteiger partial charge in [0.05, 0.1) is 5.75 Å². The quantitative estimate of drug-likeness (QED) is 0.826. The molecule has 2 aromatic rings. The lowest BCUT2D eigenvalue weighted by Gasteiger charge is -2.16. The first-order valence-corrected chi connectivity index (χ1v) is 8.59. The maximum absolute atomic E-state index is 11.9. The molecule has 5 heteroatoms. The predicted molar refractivity (Wildman–Crippen MR) is 83.0 cm³/mol. The van der Waals surface area contributed by atoms with Crippen molar-refractivity contribution in [3.63, 3.8) is 0 Å². The predicted octanol–water partition coefficient (Wildman–Crippen LogP) is 3.74. The largest absolute Gasteiger partial charge is 0.229 e. The molecule has 1 atom stereocenters. The van der Waals surface area contributed by atoms with Crippen molar-refractivity contribution in [2.24, 2.45) is 5.11 Å². The van der Waals surface area contributed by atoms with Crippen molar-refractivity contribution in [3.05, 3.63) is 71.3 Å². The van der Waals surface area contributed by atoms with Crippen LogP contribution in [0.1, 0.15) is 29.7 Å². The number of benzene rings is 2. The number of nitrogens with zero attached hydrogens (tertiary/aromatic N) is 1. The van der Waals surface area contributed by atoms with Crippen molar-refractivity contribution in [3.8, 4) is 0 Å². The van der Waals surface area contributed by atoms with Gasteiger partial charge in [0.2, 0.25) is 0 Å². The summed E-state index contributed by atoms with van der Waals surface area (Å²) in [5.74, 6) is 0.0912. The van der Waals surface area contributed by atoms with Crippen LogP contribution in [0.2, 0.25) is 0 Å². The van der Waals surface area contributed by atoms with Gasteiger partial charge in [0, 0.05) is 5.75 Å². The van der Waals surface area contributed by atoms with E-state index in [-0.39, 0.29) is 11.5 Å². The van der Waals surface area contributed by atoms with E-state index in [1.165, 1.54) is 0 Å². The Labute approximate surface area is 125 Å². The zero-order valence-corrected chi connectivity index (χ0v) is 12.7. The molecular formula is C16H18N2O2S. The molecule has 21 heavy (non-hydrogen) atoms. The Bertz CT molecular complexity index is 712. The fourth-order valence-corrected chi connectivity index (χ4v) is 3.17. The Morgan fingerprint density at radius 3 is 2.29 bits per heavy atom. The lowest BCUT2D eigenvalue weighted by molar-refractivity contribution is 0.596. The molecule has 0 saturated heterocycles. The molecule has 4 nitrogen and oxygen atoms in total. The summed E-state index contributed by atoms with van der Waals surface area (Å²) < 4.78 is 23.8. The number of sulfone groups is 1. The van der Waals surface area contributed by atoms with Gasteiger partial charge in [-0.05, 0) is 16.7 Å². The SMILES string of the molecule is CCS(=O)(=O)Cc1ccccc1C(N=N)c1ccccc1. The van der Waals surface area contributed by atoms with Crippen molar-refractivity contribution in [2.45, 2.75) is 18.7 Å². The summed E-state index contributed by atoms with van der Waals surface area (Å²) in [6, 6.07) is 16.3. The molecule has 1 N–H and O–H groups in total. The molecule has 0 fully saturated rings. The average molecular weight is 302 g/mol. The van der Waals surface area contributed by atoms with E-state index in [0.717, 1.165) is 11.1 Å². The van der Waals surface area contributed by atoms with Crippen molar-refractivity contribution in [2.75, 3.05) is 5.75 Å². The maximum Gasteiger partial charge on any atom is 0.154 e. The van der Waals surface area contributed by atoms with E-state index in [4.69, 9.17) is 5.53 Å². The molecular weight excluding hydrogens is 284 g/mol. The first kappa shape index (κ1) is 15.4. The highest BCUT2D eigenvalue weighted by Gasteiger charge is 2.19. The first-order valence-electron chi connectivity index (χ1n) is 6.77. The minimum Gasteiger partial charge on any atom is -0.229 e. The maximum atomic E-state index is 11.9. The van der Waals surface area contributed by atoms with E-state index in [1.807, 2.05) is 48.5 Å². The second-order valence-corrected chi connectivity index (χ2v) is 7.17.